The Labute approximate surface area is 158 Å². The van der Waals surface area contributed by atoms with E-state index in [0.717, 1.165) is 23.1 Å². The fourth-order valence-electron chi connectivity index (χ4n) is 4.49. The summed E-state index contributed by atoms with van der Waals surface area (Å²) in [4.78, 5) is 4.09. The lowest BCUT2D eigenvalue weighted by atomic mass is 9.92. The number of nitrogens with zero attached hydrogens (tertiary/aromatic N) is 3. The zero-order chi connectivity index (χ0) is 18.2. The van der Waals surface area contributed by atoms with Crippen LogP contribution in [-0.2, 0) is 0 Å². The van der Waals surface area contributed by atoms with Gasteiger partial charge in [-0.3, -0.25) is 4.98 Å². The zero-order valence-electron chi connectivity index (χ0n) is 15.1. The van der Waals surface area contributed by atoms with Crippen LogP contribution < -0.4 is 10.6 Å². The number of aromatic hydroxyl groups is 1. The van der Waals surface area contributed by atoms with Crippen LogP contribution in [0.15, 0.2) is 42.7 Å². The Morgan fingerprint density at radius 2 is 1.89 bits per heavy atom. The van der Waals surface area contributed by atoms with E-state index in [0.29, 0.717) is 29.3 Å². The highest BCUT2D eigenvalue weighted by atomic mass is 16.3. The Morgan fingerprint density at radius 3 is 2.67 bits per heavy atom. The van der Waals surface area contributed by atoms with Gasteiger partial charge in [0.1, 0.15) is 11.6 Å². The average molecular weight is 361 g/mol. The van der Waals surface area contributed by atoms with Crippen LogP contribution in [0.3, 0.4) is 0 Å². The summed E-state index contributed by atoms with van der Waals surface area (Å²) in [5.74, 6) is 1.67. The highest BCUT2D eigenvalue weighted by Gasteiger charge is 2.33. The van der Waals surface area contributed by atoms with Crippen LogP contribution >= 0.6 is 0 Å². The Morgan fingerprint density at radius 1 is 1.04 bits per heavy atom. The Balaban J connectivity index is 1.29. The molecule has 2 aliphatic heterocycles. The highest BCUT2D eigenvalue weighted by molar-refractivity contribution is 5.89. The fraction of sp³-hybridized carbons (Fsp3) is 0.381. The number of benzene rings is 1. The summed E-state index contributed by atoms with van der Waals surface area (Å²) in [7, 11) is 0. The molecule has 0 spiro atoms. The van der Waals surface area contributed by atoms with Crippen molar-refractivity contribution in [2.45, 2.75) is 37.8 Å². The molecule has 6 heteroatoms. The maximum atomic E-state index is 10.3. The summed E-state index contributed by atoms with van der Waals surface area (Å²) < 4.78 is 0. The maximum Gasteiger partial charge on any atom is 0.148 e. The number of hydrogen-bond donors (Lipinski definition) is 3. The lowest BCUT2D eigenvalue weighted by molar-refractivity contribution is 0.311. The van der Waals surface area contributed by atoms with Crippen LogP contribution in [0.2, 0.25) is 0 Å². The second kappa shape index (κ2) is 6.78. The number of hydrogen-bond acceptors (Lipinski definition) is 6. The van der Waals surface area contributed by atoms with Crippen molar-refractivity contribution in [3.63, 3.8) is 0 Å². The molecule has 6 nitrogen and oxygen atoms in total. The smallest absolute Gasteiger partial charge is 0.148 e. The first-order valence-corrected chi connectivity index (χ1v) is 9.65. The van der Waals surface area contributed by atoms with Crippen LogP contribution in [0.25, 0.3) is 22.0 Å². The SMILES string of the molecule is Oc1cc2cnccc2cc1-c1ccc(NCC2CC3CCC(C2)N3)nn1. The Kier molecular flexibility index (Phi) is 4.13. The number of aromatic nitrogens is 3. The first-order valence-electron chi connectivity index (χ1n) is 9.65. The second-order valence-corrected chi connectivity index (χ2v) is 7.75. The van der Waals surface area contributed by atoms with E-state index in [9.17, 15) is 5.11 Å². The van der Waals surface area contributed by atoms with Gasteiger partial charge in [0.2, 0.25) is 0 Å². The molecule has 2 atom stereocenters. The van der Waals surface area contributed by atoms with Gasteiger partial charge < -0.3 is 15.7 Å². The minimum absolute atomic E-state index is 0.190. The molecule has 2 aromatic heterocycles. The normalized spacial score (nSPS) is 24.2. The average Bonchev–Trinajstić information content (AvgIpc) is 3.04. The van der Waals surface area contributed by atoms with E-state index in [-0.39, 0.29) is 5.75 Å². The Hall–Kier alpha value is -2.73. The quantitative estimate of drug-likeness (QED) is 0.661. The van der Waals surface area contributed by atoms with Gasteiger partial charge in [0.15, 0.2) is 0 Å². The first kappa shape index (κ1) is 16.4. The summed E-state index contributed by atoms with van der Waals surface area (Å²) in [6, 6.07) is 10.8. The van der Waals surface area contributed by atoms with E-state index in [2.05, 4.69) is 25.8 Å². The lowest BCUT2D eigenvalue weighted by Crippen LogP contribution is -2.40. The Bertz CT molecular complexity index is 946. The largest absolute Gasteiger partial charge is 0.507 e. The van der Waals surface area contributed by atoms with Crippen LogP contribution in [0.1, 0.15) is 25.7 Å². The third-order valence-electron chi connectivity index (χ3n) is 5.84. The number of phenolic OH excluding ortho intramolecular Hbond substituents is 1. The molecule has 2 aliphatic rings. The summed E-state index contributed by atoms with van der Waals surface area (Å²) >= 11 is 0. The van der Waals surface area contributed by atoms with Crippen molar-refractivity contribution >= 4 is 16.6 Å². The number of nitrogens with one attached hydrogen (secondary N) is 2. The van der Waals surface area contributed by atoms with Gasteiger partial charge in [-0.2, -0.15) is 0 Å². The van der Waals surface area contributed by atoms with Crippen LogP contribution in [0.5, 0.6) is 5.75 Å². The predicted octanol–water partition coefficient (Wildman–Crippen LogP) is 3.34. The molecule has 0 amide bonds. The van der Waals surface area contributed by atoms with E-state index in [1.54, 1.807) is 18.5 Å². The van der Waals surface area contributed by atoms with Crippen molar-refractivity contribution in [1.82, 2.24) is 20.5 Å². The minimum Gasteiger partial charge on any atom is -0.507 e. The molecule has 0 saturated carbocycles. The number of rotatable bonds is 4. The van der Waals surface area contributed by atoms with Gasteiger partial charge in [-0.05, 0) is 67.3 Å². The number of pyridine rings is 1. The number of phenols is 1. The molecule has 5 rings (SSSR count). The first-order chi connectivity index (χ1) is 13.2. The van der Waals surface area contributed by atoms with Crippen molar-refractivity contribution in [3.8, 4) is 17.0 Å². The molecule has 2 unspecified atom stereocenters. The molecule has 0 aliphatic carbocycles. The van der Waals surface area contributed by atoms with Gasteiger partial charge in [0.05, 0.1) is 5.69 Å². The molecular formula is C21H23N5O. The lowest BCUT2D eigenvalue weighted by Gasteiger charge is -2.29. The second-order valence-electron chi connectivity index (χ2n) is 7.75. The molecule has 27 heavy (non-hydrogen) atoms. The molecule has 4 heterocycles. The van der Waals surface area contributed by atoms with Crippen molar-refractivity contribution < 1.29 is 5.11 Å². The molecule has 2 bridgehead atoms. The summed E-state index contributed by atoms with van der Waals surface area (Å²) in [5.41, 5.74) is 1.35. The van der Waals surface area contributed by atoms with Gasteiger partial charge in [0, 0.05) is 42.0 Å². The molecule has 2 saturated heterocycles. The third kappa shape index (κ3) is 3.32. The molecule has 3 aromatic rings. The summed E-state index contributed by atoms with van der Waals surface area (Å²) in [6.45, 7) is 0.941. The molecule has 1 aromatic carbocycles. The predicted molar refractivity (Wildman–Crippen MR) is 106 cm³/mol. The van der Waals surface area contributed by atoms with Crippen molar-refractivity contribution in [1.29, 1.82) is 0 Å². The van der Waals surface area contributed by atoms with Crippen LogP contribution in [-0.4, -0.2) is 38.9 Å². The number of fused-ring (bicyclic) bond motifs is 3. The van der Waals surface area contributed by atoms with Crippen LogP contribution in [0.4, 0.5) is 5.82 Å². The standard InChI is InChI=1S/C21H23N5O/c27-20-10-15-12-22-6-5-14(15)9-18(20)19-3-4-21(26-25-19)23-11-13-7-16-1-2-17(8-13)24-16/h3-6,9-10,12-13,16-17,24,27H,1-2,7-8,11H2,(H,23,26). The zero-order valence-corrected chi connectivity index (χ0v) is 15.1. The van der Waals surface area contributed by atoms with Gasteiger partial charge in [-0.1, -0.05) is 0 Å². The minimum atomic E-state index is 0.190. The van der Waals surface area contributed by atoms with Crippen molar-refractivity contribution in [2.24, 2.45) is 5.92 Å². The molecule has 2 fully saturated rings. The van der Waals surface area contributed by atoms with Gasteiger partial charge in [-0.25, -0.2) is 0 Å². The third-order valence-corrected chi connectivity index (χ3v) is 5.84. The fourth-order valence-corrected chi connectivity index (χ4v) is 4.49. The monoisotopic (exact) mass is 361 g/mol. The van der Waals surface area contributed by atoms with E-state index in [1.165, 1.54) is 25.7 Å². The van der Waals surface area contributed by atoms with Crippen molar-refractivity contribution in [2.75, 3.05) is 11.9 Å². The van der Waals surface area contributed by atoms with Crippen LogP contribution in [0, 0.1) is 5.92 Å². The van der Waals surface area contributed by atoms with E-state index >= 15 is 0 Å². The molecular weight excluding hydrogens is 338 g/mol. The van der Waals surface area contributed by atoms with E-state index in [1.807, 2.05) is 24.3 Å². The highest BCUT2D eigenvalue weighted by Crippen LogP contribution is 2.33. The van der Waals surface area contributed by atoms with Gasteiger partial charge in [-0.15, -0.1) is 10.2 Å². The number of piperidine rings is 1. The van der Waals surface area contributed by atoms with E-state index < -0.39 is 0 Å². The van der Waals surface area contributed by atoms with Gasteiger partial charge in [0.25, 0.3) is 0 Å². The molecule has 138 valence electrons. The van der Waals surface area contributed by atoms with E-state index in [4.69, 9.17) is 0 Å². The summed E-state index contributed by atoms with van der Waals surface area (Å²) in [5, 5.41) is 28.0. The topological polar surface area (TPSA) is 83.0 Å². The van der Waals surface area contributed by atoms with Crippen molar-refractivity contribution in [3.05, 3.63) is 42.7 Å². The number of anilines is 1. The molecule has 3 N–H and O–H groups in total. The van der Waals surface area contributed by atoms with Gasteiger partial charge >= 0.3 is 0 Å². The maximum absolute atomic E-state index is 10.3. The molecule has 0 radical (unpaired) electrons. The summed E-state index contributed by atoms with van der Waals surface area (Å²) in [6.07, 6.45) is 8.62.